The molecule has 0 aliphatic heterocycles. The van der Waals surface area contributed by atoms with Crippen molar-refractivity contribution in [2.75, 3.05) is 19.0 Å². The molecular weight excluding hydrogens is 392 g/mol. The number of methoxy groups -OCH3 is 1. The van der Waals surface area contributed by atoms with Gasteiger partial charge in [0.1, 0.15) is 11.5 Å². The minimum absolute atomic E-state index is 0.0792. The lowest BCUT2D eigenvalue weighted by Crippen LogP contribution is -2.22. The number of nitrogens with zero attached hydrogens (tertiary/aromatic N) is 5. The van der Waals surface area contributed by atoms with Crippen molar-refractivity contribution in [3.05, 3.63) is 60.4 Å². The van der Waals surface area contributed by atoms with Gasteiger partial charge in [0, 0.05) is 29.5 Å². The molecule has 1 unspecified atom stereocenters. The van der Waals surface area contributed by atoms with Crippen LogP contribution in [0.25, 0.3) is 39.1 Å². The molecule has 5 rings (SSSR count). The number of benzene rings is 2. The molecule has 31 heavy (non-hydrogen) atoms. The second kappa shape index (κ2) is 7.81. The number of hydrogen-bond acceptors (Lipinski definition) is 7. The van der Waals surface area contributed by atoms with E-state index < -0.39 is 0 Å². The van der Waals surface area contributed by atoms with Crippen molar-refractivity contribution < 1.29 is 9.26 Å². The summed E-state index contributed by atoms with van der Waals surface area (Å²) in [5, 5.41) is 23.5. The van der Waals surface area contributed by atoms with Crippen LogP contribution in [0.4, 0.5) is 5.82 Å². The predicted octanol–water partition coefficient (Wildman–Crippen LogP) is 4.35. The summed E-state index contributed by atoms with van der Waals surface area (Å²) in [5.41, 5.74) is 3.11. The normalized spacial score (nSPS) is 12.5. The van der Waals surface area contributed by atoms with E-state index in [-0.39, 0.29) is 6.04 Å². The van der Waals surface area contributed by atoms with Gasteiger partial charge in [-0.2, -0.15) is 4.52 Å². The molecule has 0 radical (unpaired) electrons. The van der Waals surface area contributed by atoms with Crippen molar-refractivity contribution in [2.24, 2.45) is 0 Å². The molecule has 2 aromatic carbocycles. The predicted molar refractivity (Wildman–Crippen MR) is 119 cm³/mol. The van der Waals surface area contributed by atoms with Crippen LogP contribution in [-0.2, 0) is 4.74 Å². The summed E-state index contributed by atoms with van der Waals surface area (Å²) in [4.78, 5) is 0. The second-order valence-electron chi connectivity index (χ2n) is 7.48. The van der Waals surface area contributed by atoms with Gasteiger partial charge in [-0.25, -0.2) is 0 Å². The molecule has 0 spiro atoms. The first-order valence-corrected chi connectivity index (χ1v) is 10.1. The fraction of sp³-hybridized carbons (Fsp3) is 0.217. The van der Waals surface area contributed by atoms with E-state index in [4.69, 9.17) is 14.4 Å². The molecular formula is C23H22N6O2. The first kappa shape index (κ1) is 19.2. The molecule has 0 amide bonds. The van der Waals surface area contributed by atoms with Gasteiger partial charge in [-0.15, -0.1) is 15.3 Å². The Morgan fingerprint density at radius 1 is 1.03 bits per heavy atom. The molecule has 0 bridgehead atoms. The molecule has 8 nitrogen and oxygen atoms in total. The quantitative estimate of drug-likeness (QED) is 0.442. The maximum Gasteiger partial charge on any atom is 0.191 e. The van der Waals surface area contributed by atoms with Gasteiger partial charge in [0.15, 0.2) is 17.3 Å². The number of hydrogen-bond donors (Lipinski definition) is 1. The minimum atomic E-state index is 0.0792. The molecule has 1 atom stereocenters. The van der Waals surface area contributed by atoms with E-state index in [2.05, 4.69) is 27.6 Å². The molecule has 5 aromatic rings. The van der Waals surface area contributed by atoms with E-state index in [0.717, 1.165) is 27.7 Å². The number of ether oxygens (including phenoxy) is 1. The summed E-state index contributed by atoms with van der Waals surface area (Å²) in [7, 11) is 1.69. The average molecular weight is 414 g/mol. The first-order valence-electron chi connectivity index (χ1n) is 10.1. The SMILES string of the molecule is COCC(C)Nc1nn2c(-c3c(-c4ccccc4)noc3C)nnc2c2ccccc12. The van der Waals surface area contributed by atoms with E-state index in [1.807, 2.05) is 61.5 Å². The van der Waals surface area contributed by atoms with Crippen molar-refractivity contribution in [3.63, 3.8) is 0 Å². The summed E-state index contributed by atoms with van der Waals surface area (Å²) in [6.07, 6.45) is 0. The van der Waals surface area contributed by atoms with Crippen LogP contribution in [0.2, 0.25) is 0 Å². The molecule has 156 valence electrons. The van der Waals surface area contributed by atoms with Gasteiger partial charge in [-0.3, -0.25) is 0 Å². The van der Waals surface area contributed by atoms with E-state index in [9.17, 15) is 0 Å². The monoisotopic (exact) mass is 414 g/mol. The van der Waals surface area contributed by atoms with Crippen molar-refractivity contribution in [2.45, 2.75) is 19.9 Å². The summed E-state index contributed by atoms with van der Waals surface area (Å²) in [5.74, 6) is 1.98. The van der Waals surface area contributed by atoms with Crippen molar-refractivity contribution in [3.8, 4) is 22.6 Å². The van der Waals surface area contributed by atoms with Gasteiger partial charge in [0.25, 0.3) is 0 Å². The van der Waals surface area contributed by atoms with Gasteiger partial charge in [0.2, 0.25) is 0 Å². The van der Waals surface area contributed by atoms with Gasteiger partial charge >= 0.3 is 0 Å². The van der Waals surface area contributed by atoms with E-state index in [1.54, 1.807) is 11.6 Å². The van der Waals surface area contributed by atoms with Crippen LogP contribution in [-0.4, -0.2) is 44.7 Å². The average Bonchev–Trinajstić information content (AvgIpc) is 3.37. The molecule has 0 saturated heterocycles. The fourth-order valence-corrected chi connectivity index (χ4v) is 3.80. The Kier molecular flexibility index (Phi) is 4.83. The Bertz CT molecular complexity index is 1360. The highest BCUT2D eigenvalue weighted by Crippen LogP contribution is 2.34. The molecule has 1 N–H and O–H groups in total. The van der Waals surface area contributed by atoms with Crippen LogP contribution >= 0.6 is 0 Å². The molecule has 3 heterocycles. The lowest BCUT2D eigenvalue weighted by molar-refractivity contribution is 0.190. The van der Waals surface area contributed by atoms with E-state index >= 15 is 0 Å². The second-order valence-corrected chi connectivity index (χ2v) is 7.48. The lowest BCUT2D eigenvalue weighted by Gasteiger charge is -2.15. The maximum absolute atomic E-state index is 5.55. The van der Waals surface area contributed by atoms with Crippen LogP contribution in [0.3, 0.4) is 0 Å². The van der Waals surface area contributed by atoms with Crippen LogP contribution < -0.4 is 5.32 Å². The summed E-state index contributed by atoms with van der Waals surface area (Å²) < 4.78 is 12.6. The molecule has 3 aromatic heterocycles. The number of aryl methyl sites for hydroxylation is 1. The zero-order valence-electron chi connectivity index (χ0n) is 17.5. The molecule has 8 heteroatoms. The maximum atomic E-state index is 5.55. The van der Waals surface area contributed by atoms with Crippen LogP contribution in [0.15, 0.2) is 59.1 Å². The lowest BCUT2D eigenvalue weighted by atomic mass is 10.1. The number of anilines is 1. The Balaban J connectivity index is 1.74. The topological polar surface area (TPSA) is 90.4 Å². The van der Waals surface area contributed by atoms with Gasteiger partial charge in [-0.1, -0.05) is 59.8 Å². The molecule has 0 saturated carbocycles. The molecule has 0 fully saturated rings. The standard InChI is InChI=1S/C23H22N6O2/c1-14(13-30-3)24-21-17-11-7-8-12-18(17)22-25-26-23(29(22)27-21)19-15(2)31-28-20(19)16-9-5-4-6-10-16/h4-12,14H,13H2,1-3H3,(H,24,27). The third-order valence-electron chi connectivity index (χ3n) is 5.20. The van der Waals surface area contributed by atoms with Gasteiger partial charge in [0.05, 0.1) is 12.2 Å². The largest absolute Gasteiger partial charge is 0.383 e. The number of nitrogens with one attached hydrogen (secondary N) is 1. The molecule has 0 aliphatic rings. The highest BCUT2D eigenvalue weighted by atomic mass is 16.5. The van der Waals surface area contributed by atoms with Crippen molar-refractivity contribution >= 4 is 22.2 Å². The van der Waals surface area contributed by atoms with Crippen molar-refractivity contribution in [1.82, 2.24) is 25.0 Å². The zero-order valence-corrected chi connectivity index (χ0v) is 17.5. The third-order valence-corrected chi connectivity index (χ3v) is 5.20. The third kappa shape index (κ3) is 3.30. The Hall–Kier alpha value is -3.78. The summed E-state index contributed by atoms with van der Waals surface area (Å²) >= 11 is 0. The Morgan fingerprint density at radius 3 is 2.55 bits per heavy atom. The summed E-state index contributed by atoms with van der Waals surface area (Å²) in [6, 6.07) is 18.0. The number of fused-ring (bicyclic) bond motifs is 3. The highest BCUT2D eigenvalue weighted by molar-refractivity contribution is 6.00. The van der Waals surface area contributed by atoms with Gasteiger partial charge in [-0.05, 0) is 13.8 Å². The first-order chi connectivity index (χ1) is 15.2. The van der Waals surface area contributed by atoms with Crippen LogP contribution in [0.1, 0.15) is 12.7 Å². The number of rotatable bonds is 6. The Morgan fingerprint density at radius 2 is 1.77 bits per heavy atom. The van der Waals surface area contributed by atoms with E-state index in [0.29, 0.717) is 29.5 Å². The van der Waals surface area contributed by atoms with Crippen LogP contribution in [0, 0.1) is 6.92 Å². The summed E-state index contributed by atoms with van der Waals surface area (Å²) in [6.45, 7) is 4.48. The number of aromatic nitrogens is 5. The Labute approximate surface area is 178 Å². The minimum Gasteiger partial charge on any atom is -0.383 e. The highest BCUT2D eigenvalue weighted by Gasteiger charge is 2.24. The van der Waals surface area contributed by atoms with Crippen LogP contribution in [0.5, 0.6) is 0 Å². The smallest absolute Gasteiger partial charge is 0.191 e. The zero-order chi connectivity index (χ0) is 21.4. The van der Waals surface area contributed by atoms with E-state index in [1.165, 1.54) is 0 Å². The van der Waals surface area contributed by atoms with Crippen molar-refractivity contribution in [1.29, 1.82) is 0 Å². The molecule has 0 aliphatic carbocycles. The fourth-order valence-electron chi connectivity index (χ4n) is 3.80. The van der Waals surface area contributed by atoms with Gasteiger partial charge < -0.3 is 14.6 Å².